The van der Waals surface area contributed by atoms with Gasteiger partial charge in [-0.3, -0.25) is 4.98 Å². The van der Waals surface area contributed by atoms with E-state index in [2.05, 4.69) is 11.1 Å². The minimum Gasteiger partial charge on any atom is -0.487 e. The maximum Gasteiger partial charge on any atom is 0.130 e. The average molecular weight is 242 g/mol. The van der Waals surface area contributed by atoms with Gasteiger partial charge in [-0.1, -0.05) is 18.2 Å². The van der Waals surface area contributed by atoms with Crippen LogP contribution in [-0.4, -0.2) is 11.5 Å². The van der Waals surface area contributed by atoms with E-state index in [1.165, 1.54) is 5.56 Å². The van der Waals surface area contributed by atoms with Gasteiger partial charge in [-0.2, -0.15) is 0 Å². The summed E-state index contributed by atoms with van der Waals surface area (Å²) in [6.07, 6.45) is 2.66. The first-order valence-electron chi connectivity index (χ1n) is 6.12. The highest BCUT2D eigenvalue weighted by Gasteiger charge is 2.01. The zero-order valence-electron chi connectivity index (χ0n) is 10.6. The van der Waals surface area contributed by atoms with Gasteiger partial charge in [-0.25, -0.2) is 0 Å². The molecule has 1 heterocycles. The number of aryl methyl sites for hydroxylation is 1. The first kappa shape index (κ1) is 12.6. The number of pyridine rings is 1. The molecule has 0 fully saturated rings. The minimum absolute atomic E-state index is 0.499. The maximum atomic E-state index is 5.76. The van der Waals surface area contributed by atoms with Crippen molar-refractivity contribution >= 4 is 0 Å². The largest absolute Gasteiger partial charge is 0.487 e. The molecule has 0 amide bonds. The summed E-state index contributed by atoms with van der Waals surface area (Å²) < 4.78 is 5.76. The van der Waals surface area contributed by atoms with Gasteiger partial charge in [-0.15, -0.1) is 0 Å². The SMILES string of the molecule is Cc1cccnc1COc1cccc(CCN)c1. The Morgan fingerprint density at radius 2 is 2.11 bits per heavy atom. The summed E-state index contributed by atoms with van der Waals surface area (Å²) in [4.78, 5) is 4.31. The molecule has 0 spiro atoms. The summed E-state index contributed by atoms with van der Waals surface area (Å²) in [6.45, 7) is 3.19. The molecule has 0 saturated carbocycles. The number of ether oxygens (including phenoxy) is 1. The predicted octanol–water partition coefficient (Wildman–Crippen LogP) is 2.47. The topological polar surface area (TPSA) is 48.1 Å². The van der Waals surface area contributed by atoms with Gasteiger partial charge in [0, 0.05) is 6.20 Å². The average Bonchev–Trinajstić information content (AvgIpc) is 2.39. The zero-order valence-corrected chi connectivity index (χ0v) is 10.6. The van der Waals surface area contributed by atoms with Gasteiger partial charge in [0.15, 0.2) is 0 Å². The van der Waals surface area contributed by atoms with Crippen molar-refractivity contribution in [3.63, 3.8) is 0 Å². The Morgan fingerprint density at radius 3 is 2.89 bits per heavy atom. The summed E-state index contributed by atoms with van der Waals surface area (Å²) in [5.74, 6) is 0.867. The fourth-order valence-corrected chi connectivity index (χ4v) is 1.78. The van der Waals surface area contributed by atoms with Crippen LogP contribution in [0, 0.1) is 6.92 Å². The Balaban J connectivity index is 2.02. The third-order valence-electron chi connectivity index (χ3n) is 2.82. The van der Waals surface area contributed by atoms with E-state index in [1.807, 2.05) is 37.3 Å². The first-order chi connectivity index (χ1) is 8.79. The summed E-state index contributed by atoms with van der Waals surface area (Å²) in [5, 5.41) is 0. The van der Waals surface area contributed by atoms with Crippen molar-refractivity contribution in [2.45, 2.75) is 20.0 Å². The highest BCUT2D eigenvalue weighted by molar-refractivity contribution is 5.29. The molecule has 0 aliphatic rings. The van der Waals surface area contributed by atoms with Crippen LogP contribution in [0.15, 0.2) is 42.6 Å². The fraction of sp³-hybridized carbons (Fsp3) is 0.267. The summed E-state index contributed by atoms with van der Waals surface area (Å²) in [5.41, 5.74) is 8.87. The summed E-state index contributed by atoms with van der Waals surface area (Å²) >= 11 is 0. The Hall–Kier alpha value is -1.87. The standard InChI is InChI=1S/C15H18N2O/c1-12-4-3-9-17-15(12)11-18-14-6-2-5-13(10-14)7-8-16/h2-6,9-10H,7-8,11,16H2,1H3. The molecule has 0 aliphatic heterocycles. The molecule has 2 aromatic rings. The van der Waals surface area contributed by atoms with E-state index in [9.17, 15) is 0 Å². The number of hydrogen-bond donors (Lipinski definition) is 1. The number of nitrogens with zero attached hydrogens (tertiary/aromatic N) is 1. The molecule has 3 heteroatoms. The van der Waals surface area contributed by atoms with Gasteiger partial charge < -0.3 is 10.5 Å². The number of hydrogen-bond acceptors (Lipinski definition) is 3. The van der Waals surface area contributed by atoms with Crippen molar-refractivity contribution in [2.75, 3.05) is 6.54 Å². The summed E-state index contributed by atoms with van der Waals surface area (Å²) in [7, 11) is 0. The zero-order chi connectivity index (χ0) is 12.8. The van der Waals surface area contributed by atoms with Crippen LogP contribution >= 0.6 is 0 Å². The molecule has 0 unspecified atom stereocenters. The van der Waals surface area contributed by atoms with E-state index in [0.29, 0.717) is 13.2 Å². The van der Waals surface area contributed by atoms with Crippen LogP contribution in [0.2, 0.25) is 0 Å². The summed E-state index contributed by atoms with van der Waals surface area (Å²) in [6, 6.07) is 12.0. The van der Waals surface area contributed by atoms with Gasteiger partial charge in [0.25, 0.3) is 0 Å². The third kappa shape index (κ3) is 3.31. The van der Waals surface area contributed by atoms with Crippen LogP contribution in [0.1, 0.15) is 16.8 Å². The third-order valence-corrected chi connectivity index (χ3v) is 2.82. The second kappa shape index (κ2) is 6.17. The lowest BCUT2D eigenvalue weighted by molar-refractivity contribution is 0.300. The smallest absolute Gasteiger partial charge is 0.130 e. The van der Waals surface area contributed by atoms with E-state index in [1.54, 1.807) is 6.20 Å². The lowest BCUT2D eigenvalue weighted by Crippen LogP contribution is -2.03. The number of nitrogens with two attached hydrogens (primary N) is 1. The molecule has 0 aliphatic carbocycles. The molecule has 2 rings (SSSR count). The molecule has 3 nitrogen and oxygen atoms in total. The van der Waals surface area contributed by atoms with Crippen molar-refractivity contribution < 1.29 is 4.74 Å². The van der Waals surface area contributed by atoms with Crippen LogP contribution in [-0.2, 0) is 13.0 Å². The quantitative estimate of drug-likeness (QED) is 0.876. The Labute approximate surface area is 108 Å². The van der Waals surface area contributed by atoms with Crippen LogP contribution < -0.4 is 10.5 Å². The van der Waals surface area contributed by atoms with Gasteiger partial charge in [0.2, 0.25) is 0 Å². The van der Waals surface area contributed by atoms with Gasteiger partial charge in [-0.05, 0) is 49.2 Å². The number of aromatic nitrogens is 1. The van der Waals surface area contributed by atoms with Crippen molar-refractivity contribution in [1.29, 1.82) is 0 Å². The maximum absolute atomic E-state index is 5.76. The van der Waals surface area contributed by atoms with Crippen molar-refractivity contribution in [1.82, 2.24) is 4.98 Å². The van der Waals surface area contributed by atoms with Crippen LogP contribution in [0.3, 0.4) is 0 Å². The molecule has 1 aromatic carbocycles. The van der Waals surface area contributed by atoms with E-state index in [0.717, 1.165) is 23.4 Å². The van der Waals surface area contributed by atoms with Crippen molar-refractivity contribution in [2.24, 2.45) is 5.73 Å². The minimum atomic E-state index is 0.499. The molecular weight excluding hydrogens is 224 g/mol. The van der Waals surface area contributed by atoms with E-state index in [-0.39, 0.29) is 0 Å². The van der Waals surface area contributed by atoms with Crippen LogP contribution in [0.25, 0.3) is 0 Å². The lowest BCUT2D eigenvalue weighted by Gasteiger charge is -2.08. The number of benzene rings is 1. The van der Waals surface area contributed by atoms with Gasteiger partial charge in [0.05, 0.1) is 5.69 Å². The predicted molar refractivity (Wildman–Crippen MR) is 72.5 cm³/mol. The fourth-order valence-electron chi connectivity index (χ4n) is 1.78. The Bertz CT molecular complexity index is 511. The molecule has 0 radical (unpaired) electrons. The van der Waals surface area contributed by atoms with Crippen LogP contribution in [0.4, 0.5) is 0 Å². The second-order valence-electron chi connectivity index (χ2n) is 4.24. The van der Waals surface area contributed by atoms with E-state index in [4.69, 9.17) is 10.5 Å². The van der Waals surface area contributed by atoms with E-state index < -0.39 is 0 Å². The Morgan fingerprint density at radius 1 is 1.22 bits per heavy atom. The van der Waals surface area contributed by atoms with Crippen molar-refractivity contribution in [3.8, 4) is 5.75 Å². The molecule has 0 atom stereocenters. The number of rotatable bonds is 5. The van der Waals surface area contributed by atoms with E-state index >= 15 is 0 Å². The molecule has 94 valence electrons. The van der Waals surface area contributed by atoms with Gasteiger partial charge >= 0.3 is 0 Å². The first-order valence-corrected chi connectivity index (χ1v) is 6.12. The molecule has 1 aromatic heterocycles. The van der Waals surface area contributed by atoms with Crippen molar-refractivity contribution in [3.05, 3.63) is 59.4 Å². The Kier molecular flexibility index (Phi) is 4.31. The van der Waals surface area contributed by atoms with Gasteiger partial charge in [0.1, 0.15) is 12.4 Å². The molecule has 0 bridgehead atoms. The highest BCUT2D eigenvalue weighted by atomic mass is 16.5. The lowest BCUT2D eigenvalue weighted by atomic mass is 10.1. The normalized spacial score (nSPS) is 10.3. The molecular formula is C15H18N2O. The monoisotopic (exact) mass is 242 g/mol. The molecule has 2 N–H and O–H groups in total. The highest BCUT2D eigenvalue weighted by Crippen LogP contribution is 2.15. The second-order valence-corrected chi connectivity index (χ2v) is 4.24. The van der Waals surface area contributed by atoms with Crippen LogP contribution in [0.5, 0.6) is 5.75 Å². The molecule has 0 saturated heterocycles. The molecule has 18 heavy (non-hydrogen) atoms.